The number of carbonyl (C=O) groups is 1. The Kier molecular flexibility index (Phi) is 4.97. The molecule has 0 saturated heterocycles. The lowest BCUT2D eigenvalue weighted by molar-refractivity contribution is -0.145. The van der Waals surface area contributed by atoms with Crippen LogP contribution in [0.2, 0.25) is 0 Å². The molecule has 1 saturated carbocycles. The molecule has 0 radical (unpaired) electrons. The normalized spacial score (nSPS) is 18.7. The average molecular weight is 454 g/mol. The lowest BCUT2D eigenvalue weighted by Crippen LogP contribution is -2.33. The van der Waals surface area contributed by atoms with Gasteiger partial charge in [0.1, 0.15) is 0 Å². The number of aromatic amines is 1. The predicted octanol–water partition coefficient (Wildman–Crippen LogP) is 4.68. The lowest BCUT2D eigenvalue weighted by Gasteiger charge is -2.36. The Morgan fingerprint density at radius 3 is 2.70 bits per heavy atom. The number of H-pyrrole nitrogens is 1. The third kappa shape index (κ3) is 3.38. The van der Waals surface area contributed by atoms with Crippen molar-refractivity contribution in [1.29, 1.82) is 0 Å². The van der Waals surface area contributed by atoms with Crippen LogP contribution >= 0.6 is 0 Å². The highest BCUT2D eigenvalue weighted by Crippen LogP contribution is 2.49. The van der Waals surface area contributed by atoms with Gasteiger partial charge in [0.15, 0.2) is 17.3 Å². The summed E-state index contributed by atoms with van der Waals surface area (Å²) < 4.78 is 35.5. The first-order valence-electron chi connectivity index (χ1n) is 10.8. The maximum atomic E-state index is 14.3. The summed E-state index contributed by atoms with van der Waals surface area (Å²) in [6, 6.07) is 5.74. The smallest absolute Gasteiger partial charge is 0.306 e. The summed E-state index contributed by atoms with van der Waals surface area (Å²) in [5, 5.41) is 17.2. The standard InChI is InChI=1S/C24H24F2N4O3/c1-24(2,11-33-3)21-19(12-6-13(7-12)23(31)32)20-18(8-14-10-27-29-22(14)28-20)30(21)15-4-5-16(25)17(26)9-15/h4-5,8-10,12-13H,6-7,11H2,1-3H3,(H,31,32)(H,27,28,29)/t12-,13-. The SMILES string of the molecule is COCC(C)(C)c1c([C@H]2C[C@H](C(=O)O)C2)c2nc3[nH]ncc3cc2n1-c1ccc(F)c(F)c1. The Morgan fingerprint density at radius 1 is 1.27 bits per heavy atom. The largest absolute Gasteiger partial charge is 0.481 e. The number of ether oxygens (including phenoxy) is 1. The molecular weight excluding hydrogens is 430 g/mol. The van der Waals surface area contributed by atoms with Crippen LogP contribution in [-0.2, 0) is 14.9 Å². The number of fused-ring (bicyclic) bond motifs is 2. The Morgan fingerprint density at radius 2 is 2.03 bits per heavy atom. The number of aromatic nitrogens is 4. The second kappa shape index (κ2) is 7.62. The number of aliphatic carboxylic acids is 1. The van der Waals surface area contributed by atoms with Crippen molar-refractivity contribution < 1.29 is 23.4 Å². The van der Waals surface area contributed by atoms with Gasteiger partial charge in [-0.15, -0.1) is 0 Å². The van der Waals surface area contributed by atoms with E-state index in [4.69, 9.17) is 9.72 Å². The van der Waals surface area contributed by atoms with Gasteiger partial charge in [0.25, 0.3) is 0 Å². The minimum atomic E-state index is -0.946. The number of hydrogen-bond acceptors (Lipinski definition) is 4. The monoisotopic (exact) mass is 454 g/mol. The molecule has 3 heterocycles. The maximum Gasteiger partial charge on any atom is 0.306 e. The summed E-state index contributed by atoms with van der Waals surface area (Å²) in [4.78, 5) is 16.3. The van der Waals surface area contributed by atoms with E-state index in [1.807, 2.05) is 24.5 Å². The zero-order chi connectivity index (χ0) is 23.5. The quantitative estimate of drug-likeness (QED) is 0.441. The fraction of sp³-hybridized carbons (Fsp3) is 0.375. The molecule has 1 aliphatic rings. The molecule has 1 aromatic carbocycles. The molecular formula is C24H24F2N4O3. The molecule has 7 nitrogen and oxygen atoms in total. The van der Waals surface area contributed by atoms with Crippen molar-refractivity contribution in [3.8, 4) is 5.69 Å². The van der Waals surface area contributed by atoms with E-state index in [1.165, 1.54) is 12.1 Å². The molecule has 0 aliphatic heterocycles. The molecule has 0 amide bonds. The van der Waals surface area contributed by atoms with Gasteiger partial charge in [-0.3, -0.25) is 9.89 Å². The predicted molar refractivity (Wildman–Crippen MR) is 119 cm³/mol. The highest BCUT2D eigenvalue weighted by Gasteiger charge is 2.42. The second-order valence-corrected chi connectivity index (χ2v) is 9.38. The van der Waals surface area contributed by atoms with E-state index < -0.39 is 28.9 Å². The van der Waals surface area contributed by atoms with Crippen LogP contribution in [0.15, 0.2) is 30.5 Å². The summed E-state index contributed by atoms with van der Waals surface area (Å²) in [5.41, 5.74) is 3.74. The molecule has 172 valence electrons. The van der Waals surface area contributed by atoms with Crippen molar-refractivity contribution in [2.24, 2.45) is 5.92 Å². The van der Waals surface area contributed by atoms with Crippen LogP contribution in [0, 0.1) is 17.6 Å². The number of nitrogens with one attached hydrogen (secondary N) is 1. The first-order valence-corrected chi connectivity index (χ1v) is 10.8. The summed E-state index contributed by atoms with van der Waals surface area (Å²) >= 11 is 0. The first-order chi connectivity index (χ1) is 15.7. The molecule has 9 heteroatoms. The summed E-state index contributed by atoms with van der Waals surface area (Å²) in [6.45, 7) is 4.41. The maximum absolute atomic E-state index is 14.3. The van der Waals surface area contributed by atoms with Gasteiger partial charge in [0.05, 0.1) is 29.8 Å². The van der Waals surface area contributed by atoms with Crippen molar-refractivity contribution in [3.05, 3.63) is 53.4 Å². The summed E-state index contributed by atoms with van der Waals surface area (Å²) in [7, 11) is 1.61. The summed E-state index contributed by atoms with van der Waals surface area (Å²) in [5.74, 6) is -3.12. The molecule has 1 fully saturated rings. The molecule has 3 aromatic heterocycles. The van der Waals surface area contributed by atoms with E-state index in [9.17, 15) is 18.7 Å². The van der Waals surface area contributed by atoms with Crippen LogP contribution in [-0.4, -0.2) is 44.5 Å². The lowest BCUT2D eigenvalue weighted by atomic mass is 9.69. The number of rotatable bonds is 6. The molecule has 33 heavy (non-hydrogen) atoms. The van der Waals surface area contributed by atoms with Crippen LogP contribution in [0.4, 0.5) is 8.78 Å². The van der Waals surface area contributed by atoms with Crippen LogP contribution in [0.3, 0.4) is 0 Å². The van der Waals surface area contributed by atoms with E-state index in [-0.39, 0.29) is 5.92 Å². The van der Waals surface area contributed by atoms with E-state index in [0.29, 0.717) is 36.3 Å². The van der Waals surface area contributed by atoms with Crippen molar-refractivity contribution in [2.75, 3.05) is 13.7 Å². The van der Waals surface area contributed by atoms with Crippen LogP contribution in [0.5, 0.6) is 0 Å². The molecule has 4 aromatic rings. The number of carboxylic acid groups (broad SMARTS) is 1. The fourth-order valence-electron chi connectivity index (χ4n) is 5.02. The fourth-order valence-corrected chi connectivity index (χ4v) is 5.02. The van der Waals surface area contributed by atoms with E-state index in [1.54, 1.807) is 13.3 Å². The van der Waals surface area contributed by atoms with Gasteiger partial charge in [0.2, 0.25) is 0 Å². The van der Waals surface area contributed by atoms with Crippen LogP contribution in [0.1, 0.15) is 43.9 Å². The first kappa shape index (κ1) is 21.5. The van der Waals surface area contributed by atoms with Crippen LogP contribution < -0.4 is 0 Å². The number of benzene rings is 1. The number of methoxy groups -OCH3 is 1. The molecule has 2 N–H and O–H groups in total. The van der Waals surface area contributed by atoms with Gasteiger partial charge < -0.3 is 14.4 Å². The molecule has 5 rings (SSSR count). The van der Waals surface area contributed by atoms with Crippen molar-refractivity contribution in [2.45, 2.75) is 38.0 Å². The Balaban J connectivity index is 1.86. The Hall–Kier alpha value is -3.33. The number of hydrogen-bond donors (Lipinski definition) is 2. The molecule has 0 atom stereocenters. The van der Waals surface area contributed by atoms with Crippen molar-refractivity contribution >= 4 is 28.0 Å². The van der Waals surface area contributed by atoms with Gasteiger partial charge in [-0.2, -0.15) is 5.10 Å². The zero-order valence-corrected chi connectivity index (χ0v) is 18.5. The average Bonchev–Trinajstić information content (AvgIpc) is 3.29. The topological polar surface area (TPSA) is 93.0 Å². The van der Waals surface area contributed by atoms with E-state index in [0.717, 1.165) is 28.2 Å². The minimum absolute atomic E-state index is 0.0286. The van der Waals surface area contributed by atoms with Crippen molar-refractivity contribution in [3.63, 3.8) is 0 Å². The molecule has 0 unspecified atom stereocenters. The number of carboxylic acids is 1. The Labute approximate surface area is 188 Å². The number of halogens is 2. The van der Waals surface area contributed by atoms with Crippen molar-refractivity contribution in [1.82, 2.24) is 19.7 Å². The zero-order valence-electron chi connectivity index (χ0n) is 18.5. The highest BCUT2D eigenvalue weighted by molar-refractivity contribution is 5.94. The molecule has 0 spiro atoms. The highest BCUT2D eigenvalue weighted by atomic mass is 19.2. The Bertz CT molecular complexity index is 1390. The molecule has 0 bridgehead atoms. The molecule has 1 aliphatic carbocycles. The van der Waals surface area contributed by atoms with Gasteiger partial charge in [-0.05, 0) is 37.0 Å². The number of nitrogens with zero attached hydrogens (tertiary/aromatic N) is 3. The van der Waals surface area contributed by atoms with Gasteiger partial charge in [-0.25, -0.2) is 13.8 Å². The van der Waals surface area contributed by atoms with E-state index >= 15 is 0 Å². The van der Waals surface area contributed by atoms with Gasteiger partial charge >= 0.3 is 5.97 Å². The second-order valence-electron chi connectivity index (χ2n) is 9.38. The third-order valence-electron chi connectivity index (χ3n) is 6.58. The summed E-state index contributed by atoms with van der Waals surface area (Å²) in [6.07, 6.45) is 2.64. The van der Waals surface area contributed by atoms with Gasteiger partial charge in [-0.1, -0.05) is 13.8 Å². The number of pyridine rings is 1. The third-order valence-corrected chi connectivity index (χ3v) is 6.58. The van der Waals surface area contributed by atoms with E-state index in [2.05, 4.69) is 10.2 Å². The minimum Gasteiger partial charge on any atom is -0.481 e. The van der Waals surface area contributed by atoms with Crippen LogP contribution in [0.25, 0.3) is 27.8 Å². The van der Waals surface area contributed by atoms with Gasteiger partial charge in [0, 0.05) is 40.9 Å².